The van der Waals surface area contributed by atoms with Crippen molar-refractivity contribution >= 4 is 22.7 Å². The van der Waals surface area contributed by atoms with E-state index in [0.717, 1.165) is 12.6 Å². The van der Waals surface area contributed by atoms with Gasteiger partial charge in [-0.25, -0.2) is 0 Å². The van der Waals surface area contributed by atoms with E-state index in [1.54, 1.807) is 0 Å². The van der Waals surface area contributed by atoms with Gasteiger partial charge in [-0.3, -0.25) is 4.90 Å². The number of thiophene rings is 2. The molecule has 1 N–H and O–H groups in total. The summed E-state index contributed by atoms with van der Waals surface area (Å²) in [6, 6.07) is 8.21. The molecule has 0 spiro atoms. The predicted molar refractivity (Wildman–Crippen MR) is 87.5 cm³/mol. The van der Waals surface area contributed by atoms with E-state index in [1.807, 2.05) is 22.7 Å². The third-order valence-electron chi connectivity index (χ3n) is 4.60. The fourth-order valence-corrected chi connectivity index (χ4v) is 5.22. The van der Waals surface area contributed by atoms with Crippen molar-refractivity contribution in [3.63, 3.8) is 0 Å². The van der Waals surface area contributed by atoms with E-state index in [4.69, 9.17) is 0 Å². The van der Waals surface area contributed by atoms with Gasteiger partial charge in [0.15, 0.2) is 0 Å². The van der Waals surface area contributed by atoms with Gasteiger partial charge >= 0.3 is 0 Å². The lowest BCUT2D eigenvalue weighted by atomic mass is 10.1. The molecule has 4 rings (SSSR count). The first-order valence-electron chi connectivity index (χ1n) is 7.49. The lowest BCUT2D eigenvalue weighted by molar-refractivity contribution is 0.299. The number of hydrogen-bond donors (Lipinski definition) is 1. The standard InChI is InChI=1S/C16H20N2S2/c1-3-15-14(5-7-18(15)6-1)17-10-13-9-12(11-20-13)16-4-2-8-19-16/h2,4,8-9,11,14-15,17H,1,3,5-7,10H2. The predicted octanol–water partition coefficient (Wildman–Crippen LogP) is 3.80. The van der Waals surface area contributed by atoms with Crippen LogP contribution in [-0.4, -0.2) is 30.1 Å². The second kappa shape index (κ2) is 5.60. The maximum absolute atomic E-state index is 3.80. The minimum atomic E-state index is 0.713. The Bertz CT molecular complexity index is 561. The summed E-state index contributed by atoms with van der Waals surface area (Å²) < 4.78 is 0. The zero-order valence-corrected chi connectivity index (χ0v) is 13.2. The molecule has 4 heterocycles. The third kappa shape index (κ3) is 2.46. The third-order valence-corrected chi connectivity index (χ3v) is 6.46. The molecule has 2 aliphatic rings. The maximum Gasteiger partial charge on any atom is 0.0351 e. The van der Waals surface area contributed by atoms with Gasteiger partial charge in [0, 0.05) is 40.5 Å². The second-order valence-corrected chi connectivity index (χ2v) is 7.74. The lowest BCUT2D eigenvalue weighted by Crippen LogP contribution is -2.38. The molecule has 20 heavy (non-hydrogen) atoms. The molecular weight excluding hydrogens is 284 g/mol. The Hall–Kier alpha value is -0.680. The highest BCUT2D eigenvalue weighted by molar-refractivity contribution is 7.14. The quantitative estimate of drug-likeness (QED) is 0.924. The minimum Gasteiger partial charge on any atom is -0.307 e. The average Bonchev–Trinajstić information content (AvgIpc) is 3.21. The normalized spacial score (nSPS) is 26.2. The van der Waals surface area contributed by atoms with Gasteiger partial charge in [0.25, 0.3) is 0 Å². The van der Waals surface area contributed by atoms with Crippen molar-refractivity contribution in [3.05, 3.63) is 33.8 Å². The van der Waals surface area contributed by atoms with Crippen LogP contribution in [0, 0.1) is 0 Å². The Morgan fingerprint density at radius 1 is 1.25 bits per heavy atom. The summed E-state index contributed by atoms with van der Waals surface area (Å²) in [5.74, 6) is 0. The molecule has 2 aliphatic heterocycles. The minimum absolute atomic E-state index is 0.713. The number of fused-ring (bicyclic) bond motifs is 1. The molecule has 2 aromatic rings. The molecule has 0 aromatic carbocycles. The second-order valence-electron chi connectivity index (χ2n) is 5.80. The Kier molecular flexibility index (Phi) is 3.65. The molecule has 0 radical (unpaired) electrons. The van der Waals surface area contributed by atoms with E-state index in [1.165, 1.54) is 47.7 Å². The topological polar surface area (TPSA) is 15.3 Å². The molecule has 4 heteroatoms. The summed E-state index contributed by atoms with van der Waals surface area (Å²) in [6.45, 7) is 3.66. The highest BCUT2D eigenvalue weighted by Crippen LogP contribution is 2.31. The van der Waals surface area contributed by atoms with Crippen molar-refractivity contribution < 1.29 is 0 Å². The highest BCUT2D eigenvalue weighted by atomic mass is 32.1. The molecule has 0 aliphatic carbocycles. The van der Waals surface area contributed by atoms with Crippen LogP contribution in [-0.2, 0) is 6.54 Å². The SMILES string of the molecule is c1csc(-c2csc(CNC3CCN4CCCC34)c2)c1. The van der Waals surface area contributed by atoms with Crippen molar-refractivity contribution in [3.8, 4) is 10.4 Å². The largest absolute Gasteiger partial charge is 0.307 e. The van der Waals surface area contributed by atoms with Gasteiger partial charge in [-0.15, -0.1) is 22.7 Å². The van der Waals surface area contributed by atoms with Crippen LogP contribution in [0.5, 0.6) is 0 Å². The van der Waals surface area contributed by atoms with E-state index in [9.17, 15) is 0 Å². The van der Waals surface area contributed by atoms with Crippen molar-refractivity contribution in [1.82, 2.24) is 10.2 Å². The van der Waals surface area contributed by atoms with Gasteiger partial charge in [-0.1, -0.05) is 6.07 Å². The van der Waals surface area contributed by atoms with Crippen LogP contribution in [0.15, 0.2) is 29.0 Å². The highest BCUT2D eigenvalue weighted by Gasteiger charge is 2.36. The number of rotatable bonds is 4. The Labute approximate surface area is 128 Å². The van der Waals surface area contributed by atoms with Gasteiger partial charge in [0.05, 0.1) is 0 Å². The van der Waals surface area contributed by atoms with E-state index in [-0.39, 0.29) is 0 Å². The molecule has 2 unspecified atom stereocenters. The van der Waals surface area contributed by atoms with Crippen LogP contribution >= 0.6 is 22.7 Å². The fourth-order valence-electron chi connectivity index (χ4n) is 3.60. The van der Waals surface area contributed by atoms with Crippen LogP contribution in [0.2, 0.25) is 0 Å². The van der Waals surface area contributed by atoms with E-state index in [0.29, 0.717) is 6.04 Å². The van der Waals surface area contributed by atoms with Crippen molar-refractivity contribution in [2.75, 3.05) is 13.1 Å². The monoisotopic (exact) mass is 304 g/mol. The zero-order chi connectivity index (χ0) is 13.4. The lowest BCUT2D eigenvalue weighted by Gasteiger charge is -2.20. The number of nitrogens with zero attached hydrogens (tertiary/aromatic N) is 1. The summed E-state index contributed by atoms with van der Waals surface area (Å²) in [4.78, 5) is 5.52. The maximum atomic E-state index is 3.80. The molecule has 2 aromatic heterocycles. The molecule has 0 bridgehead atoms. The van der Waals surface area contributed by atoms with Crippen molar-refractivity contribution in [2.45, 2.75) is 37.9 Å². The van der Waals surface area contributed by atoms with Crippen LogP contribution in [0.3, 0.4) is 0 Å². The van der Waals surface area contributed by atoms with E-state index >= 15 is 0 Å². The molecule has 106 valence electrons. The number of hydrogen-bond acceptors (Lipinski definition) is 4. The van der Waals surface area contributed by atoms with E-state index in [2.05, 4.69) is 39.2 Å². The zero-order valence-electron chi connectivity index (χ0n) is 11.5. The summed E-state index contributed by atoms with van der Waals surface area (Å²) >= 11 is 3.71. The van der Waals surface area contributed by atoms with Crippen LogP contribution in [0.1, 0.15) is 24.1 Å². The Morgan fingerprint density at radius 2 is 2.25 bits per heavy atom. The summed E-state index contributed by atoms with van der Waals surface area (Å²) in [5, 5.41) is 8.24. The average molecular weight is 304 g/mol. The fraction of sp³-hybridized carbons (Fsp3) is 0.500. The molecule has 2 fully saturated rings. The van der Waals surface area contributed by atoms with Gasteiger partial charge in [-0.2, -0.15) is 0 Å². The molecule has 0 saturated carbocycles. The van der Waals surface area contributed by atoms with Gasteiger partial charge in [0.2, 0.25) is 0 Å². The van der Waals surface area contributed by atoms with Gasteiger partial charge in [-0.05, 0) is 48.7 Å². The van der Waals surface area contributed by atoms with Gasteiger partial charge < -0.3 is 5.32 Å². The smallest absolute Gasteiger partial charge is 0.0351 e. The Balaban J connectivity index is 1.38. The van der Waals surface area contributed by atoms with Gasteiger partial charge in [0.1, 0.15) is 0 Å². The summed E-state index contributed by atoms with van der Waals surface area (Å²) in [5.41, 5.74) is 1.38. The summed E-state index contributed by atoms with van der Waals surface area (Å²) in [7, 11) is 0. The van der Waals surface area contributed by atoms with Crippen LogP contribution in [0.4, 0.5) is 0 Å². The first-order valence-corrected chi connectivity index (χ1v) is 9.25. The molecule has 2 atom stereocenters. The van der Waals surface area contributed by atoms with Crippen LogP contribution in [0.25, 0.3) is 10.4 Å². The van der Waals surface area contributed by atoms with Crippen molar-refractivity contribution in [2.24, 2.45) is 0 Å². The van der Waals surface area contributed by atoms with Crippen molar-refractivity contribution in [1.29, 1.82) is 0 Å². The van der Waals surface area contributed by atoms with E-state index < -0.39 is 0 Å². The molecule has 2 nitrogen and oxygen atoms in total. The first kappa shape index (κ1) is 13.0. The molecular formula is C16H20N2S2. The molecule has 2 saturated heterocycles. The number of nitrogens with one attached hydrogen (secondary N) is 1. The summed E-state index contributed by atoms with van der Waals surface area (Å²) in [6.07, 6.45) is 4.11. The van der Waals surface area contributed by atoms with Crippen LogP contribution < -0.4 is 5.32 Å². The molecule has 0 amide bonds. The Morgan fingerprint density at radius 3 is 3.15 bits per heavy atom. The first-order chi connectivity index (χ1) is 9.90.